The molecule has 1 fully saturated rings. The van der Waals surface area contributed by atoms with Crippen LogP contribution in [-0.4, -0.2) is 66.8 Å². The Labute approximate surface area is 223 Å². The lowest BCUT2D eigenvalue weighted by molar-refractivity contribution is -0.125. The number of aryl methyl sites for hydroxylation is 1. The van der Waals surface area contributed by atoms with Crippen molar-refractivity contribution in [3.8, 4) is 0 Å². The van der Waals surface area contributed by atoms with Crippen molar-refractivity contribution in [2.75, 3.05) is 56.2 Å². The van der Waals surface area contributed by atoms with Crippen molar-refractivity contribution in [2.24, 2.45) is 0 Å². The van der Waals surface area contributed by atoms with Gasteiger partial charge in [-0.15, -0.1) is 0 Å². The first kappa shape index (κ1) is 27.9. The summed E-state index contributed by atoms with van der Waals surface area (Å²) in [7, 11) is 0. The number of hydrogen-bond acceptors (Lipinski definition) is 7. The average molecular weight is 529 g/mol. The zero-order chi connectivity index (χ0) is 27.3. The molecule has 8 nitrogen and oxygen atoms in total. The quantitative estimate of drug-likeness (QED) is 0.245. The molecule has 2 aliphatic heterocycles. The molecule has 0 radical (unpaired) electrons. The zero-order valence-corrected chi connectivity index (χ0v) is 22.5. The fraction of sp³-hybridized carbons (Fsp3) is 0.536. The second-order valence-corrected chi connectivity index (χ2v) is 9.82. The normalized spacial score (nSPS) is 15.8. The number of fused-ring (bicyclic) bond motifs is 2. The van der Waals surface area contributed by atoms with Gasteiger partial charge in [0.15, 0.2) is 0 Å². The predicted molar refractivity (Wildman–Crippen MR) is 145 cm³/mol. The number of nitrogens with one attached hydrogen (secondary N) is 2. The number of nitrogens with zero attached hydrogens (tertiary/aromatic N) is 4. The van der Waals surface area contributed by atoms with Gasteiger partial charge < -0.3 is 19.9 Å². The highest BCUT2D eigenvalue weighted by molar-refractivity contribution is 5.86. The SMILES string of the molecule is C=CC(=O)N(CC)CCNCNc1cc(N2CC3(C2)OCCc2nccc(C)c23)nc(C(F)F)c1CCC. The molecule has 2 aliphatic rings. The van der Waals surface area contributed by atoms with Crippen LogP contribution in [0.3, 0.4) is 0 Å². The van der Waals surface area contributed by atoms with Crippen LogP contribution >= 0.6 is 0 Å². The predicted octanol–water partition coefficient (Wildman–Crippen LogP) is 3.96. The highest BCUT2D eigenvalue weighted by atomic mass is 19.3. The average Bonchev–Trinajstić information content (AvgIpc) is 2.89. The lowest BCUT2D eigenvalue weighted by atomic mass is 9.80. The summed E-state index contributed by atoms with van der Waals surface area (Å²) in [5.41, 5.74) is 3.85. The number of pyridine rings is 2. The molecule has 4 heterocycles. The summed E-state index contributed by atoms with van der Waals surface area (Å²) in [4.78, 5) is 24.5. The monoisotopic (exact) mass is 528 g/mol. The summed E-state index contributed by atoms with van der Waals surface area (Å²) in [5, 5.41) is 6.54. The molecule has 1 amide bonds. The third-order valence-corrected chi connectivity index (χ3v) is 7.31. The summed E-state index contributed by atoms with van der Waals surface area (Å²) in [6.45, 7) is 13.2. The Hall–Kier alpha value is -3.11. The van der Waals surface area contributed by atoms with Gasteiger partial charge in [-0.1, -0.05) is 19.9 Å². The molecule has 38 heavy (non-hydrogen) atoms. The van der Waals surface area contributed by atoms with Crippen LogP contribution < -0.4 is 15.5 Å². The van der Waals surface area contributed by atoms with E-state index in [0.29, 0.717) is 69.5 Å². The number of halogens is 2. The standard InChI is InChI=1S/C28H38F2N6O2/c1-5-8-20-22(33-18-31-12-13-35(7-3)24(37)6-2)15-23(34-26(20)27(29)30)36-16-28(17-36)25-19(4)9-11-32-21(25)10-14-38-28/h6,9,11,15,27,31H,2,5,7-8,10,12-14,16-18H2,1,3-4H3,(H,33,34). The smallest absolute Gasteiger partial charge is 0.280 e. The number of amides is 1. The van der Waals surface area contributed by atoms with Crippen molar-refractivity contribution >= 4 is 17.4 Å². The van der Waals surface area contributed by atoms with Gasteiger partial charge in [-0.3, -0.25) is 15.1 Å². The van der Waals surface area contributed by atoms with Crippen LogP contribution in [-0.2, 0) is 28.0 Å². The first-order valence-corrected chi connectivity index (χ1v) is 13.3. The summed E-state index contributed by atoms with van der Waals surface area (Å²) in [6.07, 6.45) is 2.45. The molecule has 2 aromatic rings. The van der Waals surface area contributed by atoms with Gasteiger partial charge in [0.1, 0.15) is 17.1 Å². The first-order chi connectivity index (χ1) is 18.3. The Morgan fingerprint density at radius 1 is 1.37 bits per heavy atom. The van der Waals surface area contributed by atoms with Crippen molar-refractivity contribution in [1.82, 2.24) is 20.2 Å². The molecule has 4 rings (SSSR count). The van der Waals surface area contributed by atoms with Gasteiger partial charge in [0.05, 0.1) is 26.4 Å². The number of rotatable bonds is 12. The third kappa shape index (κ3) is 5.66. The van der Waals surface area contributed by atoms with Crippen LogP contribution in [0.5, 0.6) is 0 Å². The molecular formula is C28H38F2N6O2. The maximum absolute atomic E-state index is 14.2. The van der Waals surface area contributed by atoms with Crippen LogP contribution in [0.1, 0.15) is 54.8 Å². The fourth-order valence-electron chi connectivity index (χ4n) is 5.43. The molecule has 2 N–H and O–H groups in total. The van der Waals surface area contributed by atoms with E-state index in [9.17, 15) is 13.6 Å². The number of anilines is 2. The molecule has 0 unspecified atom stereocenters. The highest BCUT2D eigenvalue weighted by Crippen LogP contribution is 2.44. The largest absolute Gasteiger partial charge is 0.372 e. The van der Waals surface area contributed by atoms with Crippen LogP contribution in [0.4, 0.5) is 20.3 Å². The van der Waals surface area contributed by atoms with E-state index in [1.165, 1.54) is 6.08 Å². The van der Waals surface area contributed by atoms with E-state index >= 15 is 0 Å². The van der Waals surface area contributed by atoms with E-state index in [0.717, 1.165) is 29.7 Å². The minimum absolute atomic E-state index is 0.115. The second kappa shape index (κ2) is 12.2. The topological polar surface area (TPSA) is 82.6 Å². The van der Waals surface area contributed by atoms with Crippen molar-refractivity contribution in [3.63, 3.8) is 0 Å². The third-order valence-electron chi connectivity index (χ3n) is 7.31. The van der Waals surface area contributed by atoms with E-state index in [4.69, 9.17) is 4.74 Å². The van der Waals surface area contributed by atoms with Gasteiger partial charge in [-0.25, -0.2) is 13.8 Å². The highest BCUT2D eigenvalue weighted by Gasteiger charge is 2.50. The minimum Gasteiger partial charge on any atom is -0.372 e. The van der Waals surface area contributed by atoms with E-state index in [2.05, 4.69) is 34.1 Å². The molecule has 0 aliphatic carbocycles. The van der Waals surface area contributed by atoms with E-state index in [-0.39, 0.29) is 11.6 Å². The number of alkyl halides is 2. The van der Waals surface area contributed by atoms with Gasteiger partial charge in [-0.05, 0) is 38.0 Å². The molecule has 0 bridgehead atoms. The van der Waals surface area contributed by atoms with Crippen molar-refractivity contribution in [1.29, 1.82) is 0 Å². The van der Waals surface area contributed by atoms with Crippen molar-refractivity contribution in [2.45, 2.75) is 52.1 Å². The summed E-state index contributed by atoms with van der Waals surface area (Å²) in [5.74, 6) is 0.398. The molecule has 10 heteroatoms. The van der Waals surface area contributed by atoms with Crippen LogP contribution in [0.2, 0.25) is 0 Å². The molecule has 0 atom stereocenters. The molecular weight excluding hydrogens is 490 g/mol. The van der Waals surface area contributed by atoms with Crippen LogP contribution in [0.25, 0.3) is 0 Å². The molecule has 0 aromatic carbocycles. The molecule has 1 saturated heterocycles. The zero-order valence-electron chi connectivity index (χ0n) is 22.5. The minimum atomic E-state index is -2.68. The maximum atomic E-state index is 14.2. The number of carbonyl (C=O) groups excluding carboxylic acids is 1. The summed E-state index contributed by atoms with van der Waals surface area (Å²) in [6, 6.07) is 3.86. The summed E-state index contributed by atoms with van der Waals surface area (Å²) >= 11 is 0. The Kier molecular flexibility index (Phi) is 8.94. The number of carbonyl (C=O) groups is 1. The van der Waals surface area contributed by atoms with Gasteiger partial charge in [0.2, 0.25) is 5.91 Å². The summed E-state index contributed by atoms with van der Waals surface area (Å²) < 4.78 is 34.6. The number of hydrogen-bond donors (Lipinski definition) is 2. The van der Waals surface area contributed by atoms with Crippen molar-refractivity contribution < 1.29 is 18.3 Å². The number of ether oxygens (including phenoxy) is 1. The maximum Gasteiger partial charge on any atom is 0.280 e. The Bertz CT molecular complexity index is 1150. The van der Waals surface area contributed by atoms with Gasteiger partial charge in [0.25, 0.3) is 6.43 Å². The van der Waals surface area contributed by atoms with Crippen molar-refractivity contribution in [3.05, 3.63) is 59.1 Å². The van der Waals surface area contributed by atoms with Crippen LogP contribution in [0, 0.1) is 6.92 Å². The lowest BCUT2D eigenvalue weighted by Gasteiger charge is -2.53. The Balaban J connectivity index is 1.50. The fourth-order valence-corrected chi connectivity index (χ4v) is 5.43. The molecule has 2 aromatic heterocycles. The first-order valence-electron chi connectivity index (χ1n) is 13.3. The van der Waals surface area contributed by atoms with Gasteiger partial charge >= 0.3 is 0 Å². The molecule has 0 saturated carbocycles. The Morgan fingerprint density at radius 2 is 2.16 bits per heavy atom. The second-order valence-electron chi connectivity index (χ2n) is 9.82. The number of aromatic nitrogens is 2. The van der Waals surface area contributed by atoms with E-state index in [1.807, 2.05) is 37.1 Å². The lowest BCUT2D eigenvalue weighted by Crippen LogP contribution is -2.63. The van der Waals surface area contributed by atoms with E-state index < -0.39 is 12.0 Å². The molecule has 206 valence electrons. The number of likely N-dealkylation sites (N-methyl/N-ethyl adjacent to an activating group) is 1. The van der Waals surface area contributed by atoms with Crippen LogP contribution in [0.15, 0.2) is 31.0 Å². The van der Waals surface area contributed by atoms with Gasteiger partial charge in [-0.2, -0.15) is 0 Å². The molecule has 1 spiro atoms. The van der Waals surface area contributed by atoms with E-state index in [1.54, 1.807) is 4.90 Å². The Morgan fingerprint density at radius 3 is 2.84 bits per heavy atom. The van der Waals surface area contributed by atoms with Gasteiger partial charge in [0, 0.05) is 60.8 Å².